The van der Waals surface area contributed by atoms with Crippen LogP contribution in [0.15, 0.2) is 121 Å². The summed E-state index contributed by atoms with van der Waals surface area (Å²) in [5.74, 6) is 0. The number of hydrogen-bond acceptors (Lipinski definition) is 0. The molecule has 174 valence electrons. The molecule has 4 rings (SSSR count). The third-order valence-corrected chi connectivity index (χ3v) is 13.9. The van der Waals surface area contributed by atoms with Gasteiger partial charge in [0.15, 0.2) is 0 Å². The molecule has 2 heteroatoms. The Morgan fingerprint density at radius 1 is 0.529 bits per heavy atom. The van der Waals surface area contributed by atoms with Gasteiger partial charge >= 0.3 is 0 Å². The predicted molar refractivity (Wildman–Crippen MR) is 155 cm³/mol. The highest BCUT2D eigenvalue weighted by Crippen LogP contribution is 2.64. The predicted octanol–water partition coefficient (Wildman–Crippen LogP) is 7.79. The van der Waals surface area contributed by atoms with Crippen molar-refractivity contribution in [2.24, 2.45) is 5.41 Å². The average molecular weight is 483 g/mol. The van der Waals surface area contributed by atoms with Crippen molar-refractivity contribution in [2.75, 3.05) is 0 Å². The van der Waals surface area contributed by atoms with Gasteiger partial charge in [0.2, 0.25) is 0 Å². The average Bonchev–Trinajstić information content (AvgIpc) is 2.91. The minimum absolute atomic E-state index is 0.226. The van der Waals surface area contributed by atoms with E-state index in [9.17, 15) is 0 Å². The lowest BCUT2D eigenvalue weighted by Gasteiger charge is -2.47. The van der Waals surface area contributed by atoms with Gasteiger partial charge in [-0.15, -0.1) is 0 Å². The molecule has 4 aromatic carbocycles. The first-order valence-electron chi connectivity index (χ1n) is 12.5. The Balaban J connectivity index is 2.02. The second-order valence-electron chi connectivity index (χ2n) is 9.21. The Morgan fingerprint density at radius 3 is 1.06 bits per heavy atom. The molecular formula is C32H36P2. The Kier molecular flexibility index (Phi) is 8.72. The standard InChI is InChI=1S/C32H36P2/c1-4-26-32(3,5-2)31(33(27-18-10-6-11-19-27)28-20-12-7-13-21-28)34(29-22-14-8-15-23-29)30-24-16-9-17-25-30/h6-25,31H,4-5,26H2,1-3H3. The summed E-state index contributed by atoms with van der Waals surface area (Å²) in [7, 11) is -1.15. The highest BCUT2D eigenvalue weighted by Gasteiger charge is 2.44. The SMILES string of the molecule is CCCC(C)(CC)C(P(c1ccccc1)c1ccccc1)P(c1ccccc1)c1ccccc1. The first-order chi connectivity index (χ1) is 16.7. The maximum absolute atomic E-state index is 2.57. The maximum Gasteiger partial charge on any atom is 0.0208 e. The Bertz CT molecular complexity index is 951. The van der Waals surface area contributed by atoms with Crippen LogP contribution < -0.4 is 21.2 Å². The number of hydrogen-bond donors (Lipinski definition) is 0. The molecular weight excluding hydrogens is 446 g/mol. The fourth-order valence-electron chi connectivity index (χ4n) is 5.02. The normalized spacial score (nSPS) is 13.4. The van der Waals surface area contributed by atoms with Crippen LogP contribution in [0.5, 0.6) is 0 Å². The molecule has 0 nitrogen and oxygen atoms in total. The summed E-state index contributed by atoms with van der Waals surface area (Å²) in [6, 6.07) is 45.4. The van der Waals surface area contributed by atoms with Gasteiger partial charge in [-0.25, -0.2) is 0 Å². The molecule has 0 saturated heterocycles. The maximum atomic E-state index is 2.57. The summed E-state index contributed by atoms with van der Waals surface area (Å²) < 4.78 is 0. The van der Waals surface area contributed by atoms with Gasteiger partial charge in [-0.05, 0) is 55.3 Å². The topological polar surface area (TPSA) is 0 Å². The van der Waals surface area contributed by atoms with Crippen LogP contribution in [0.3, 0.4) is 0 Å². The molecule has 1 atom stereocenters. The smallest absolute Gasteiger partial charge is 0.0208 e. The Labute approximate surface area is 209 Å². The van der Waals surface area contributed by atoms with Crippen LogP contribution in [0.4, 0.5) is 0 Å². The van der Waals surface area contributed by atoms with Crippen LogP contribution in [-0.4, -0.2) is 5.40 Å². The van der Waals surface area contributed by atoms with E-state index in [4.69, 9.17) is 0 Å². The van der Waals surface area contributed by atoms with Crippen molar-refractivity contribution in [3.63, 3.8) is 0 Å². The van der Waals surface area contributed by atoms with Gasteiger partial charge < -0.3 is 0 Å². The first-order valence-corrected chi connectivity index (χ1v) is 15.3. The first kappa shape index (κ1) is 24.9. The summed E-state index contributed by atoms with van der Waals surface area (Å²) in [6.45, 7) is 7.34. The van der Waals surface area contributed by atoms with E-state index in [-0.39, 0.29) is 5.41 Å². The van der Waals surface area contributed by atoms with Gasteiger partial charge in [-0.1, -0.05) is 149 Å². The molecule has 0 aliphatic rings. The largest absolute Gasteiger partial charge is 0.0654 e. The zero-order valence-electron chi connectivity index (χ0n) is 20.6. The Hall–Kier alpha value is -2.26. The molecule has 0 radical (unpaired) electrons. The van der Waals surface area contributed by atoms with E-state index < -0.39 is 15.8 Å². The molecule has 0 N–H and O–H groups in total. The molecule has 0 aliphatic heterocycles. The lowest BCUT2D eigenvalue weighted by molar-refractivity contribution is 0.309. The lowest BCUT2D eigenvalue weighted by atomic mass is 9.85. The minimum Gasteiger partial charge on any atom is -0.0654 e. The zero-order valence-corrected chi connectivity index (χ0v) is 22.4. The second-order valence-corrected chi connectivity index (χ2v) is 14.2. The summed E-state index contributed by atoms with van der Waals surface area (Å²) >= 11 is 0. The Morgan fingerprint density at radius 2 is 0.824 bits per heavy atom. The zero-order chi connectivity index (χ0) is 23.8. The molecule has 1 unspecified atom stereocenters. The molecule has 0 saturated carbocycles. The van der Waals surface area contributed by atoms with Crippen molar-refractivity contribution in [3.05, 3.63) is 121 Å². The van der Waals surface area contributed by atoms with Gasteiger partial charge in [0.05, 0.1) is 0 Å². The van der Waals surface area contributed by atoms with E-state index in [1.54, 1.807) is 0 Å². The molecule has 0 aliphatic carbocycles. The fourth-order valence-corrected chi connectivity index (χ4v) is 13.1. The van der Waals surface area contributed by atoms with E-state index in [1.807, 2.05) is 0 Å². The van der Waals surface area contributed by atoms with Crippen molar-refractivity contribution in [1.82, 2.24) is 0 Å². The van der Waals surface area contributed by atoms with Crippen LogP contribution in [0.2, 0.25) is 0 Å². The van der Waals surface area contributed by atoms with Crippen LogP contribution in [0.25, 0.3) is 0 Å². The van der Waals surface area contributed by atoms with Gasteiger partial charge in [0.25, 0.3) is 0 Å². The summed E-state index contributed by atoms with van der Waals surface area (Å²) in [5, 5.41) is 6.48. The third-order valence-electron chi connectivity index (χ3n) is 6.88. The quantitative estimate of drug-likeness (QED) is 0.202. The minimum atomic E-state index is -0.577. The third kappa shape index (κ3) is 5.51. The highest BCUT2D eigenvalue weighted by molar-refractivity contribution is 7.89. The highest BCUT2D eigenvalue weighted by atomic mass is 31.2. The number of benzene rings is 4. The van der Waals surface area contributed by atoms with Crippen molar-refractivity contribution >= 4 is 37.1 Å². The molecule has 4 aromatic rings. The monoisotopic (exact) mass is 482 g/mol. The molecule has 0 spiro atoms. The van der Waals surface area contributed by atoms with Crippen molar-refractivity contribution in [3.8, 4) is 0 Å². The molecule has 34 heavy (non-hydrogen) atoms. The molecule has 0 fully saturated rings. The van der Waals surface area contributed by atoms with Crippen LogP contribution in [-0.2, 0) is 0 Å². The summed E-state index contributed by atoms with van der Waals surface area (Å²) in [5.41, 5.74) is 0.226. The van der Waals surface area contributed by atoms with E-state index in [0.717, 1.165) is 0 Å². The molecule has 0 aromatic heterocycles. The summed E-state index contributed by atoms with van der Waals surface area (Å²) in [4.78, 5) is 0. The van der Waals surface area contributed by atoms with Gasteiger partial charge in [0.1, 0.15) is 0 Å². The second kappa shape index (κ2) is 11.9. The van der Waals surface area contributed by atoms with E-state index in [0.29, 0.717) is 5.40 Å². The van der Waals surface area contributed by atoms with Crippen LogP contribution in [0.1, 0.15) is 40.0 Å². The van der Waals surface area contributed by atoms with Crippen molar-refractivity contribution in [1.29, 1.82) is 0 Å². The van der Waals surface area contributed by atoms with Gasteiger partial charge in [-0.2, -0.15) is 0 Å². The van der Waals surface area contributed by atoms with Crippen LogP contribution in [0, 0.1) is 5.41 Å². The fraction of sp³-hybridized carbons (Fsp3) is 0.250. The van der Waals surface area contributed by atoms with E-state index in [2.05, 4.69) is 142 Å². The molecule has 0 heterocycles. The summed E-state index contributed by atoms with van der Waals surface area (Å²) in [6.07, 6.45) is 3.63. The molecule has 0 bridgehead atoms. The van der Waals surface area contributed by atoms with Crippen molar-refractivity contribution < 1.29 is 0 Å². The van der Waals surface area contributed by atoms with E-state index in [1.165, 1.54) is 40.5 Å². The van der Waals surface area contributed by atoms with E-state index >= 15 is 0 Å². The molecule has 0 amide bonds. The van der Waals surface area contributed by atoms with Gasteiger partial charge in [-0.3, -0.25) is 0 Å². The van der Waals surface area contributed by atoms with Crippen molar-refractivity contribution in [2.45, 2.75) is 45.4 Å². The van der Waals surface area contributed by atoms with Crippen LogP contribution >= 0.6 is 15.8 Å². The van der Waals surface area contributed by atoms with Gasteiger partial charge in [0, 0.05) is 5.40 Å². The number of rotatable bonds is 10. The lowest BCUT2D eigenvalue weighted by Crippen LogP contribution is -2.39.